The second-order valence-electron chi connectivity index (χ2n) is 5.74. The Morgan fingerprint density at radius 2 is 1.75 bits per heavy atom. The van der Waals surface area contributed by atoms with E-state index in [9.17, 15) is 10.1 Å². The van der Waals surface area contributed by atoms with Gasteiger partial charge in [-0.3, -0.25) is 4.79 Å². The molecule has 0 aliphatic rings. The summed E-state index contributed by atoms with van der Waals surface area (Å²) in [6.07, 6.45) is 2.02. The number of hydrogen-bond acceptors (Lipinski definition) is 6. The van der Waals surface area contributed by atoms with Gasteiger partial charge in [-0.2, -0.15) is 5.26 Å². The standard InChI is InChI=1S/C21H23N3O4/c1-26-18-7-4-15(5-8-18)10-11-23-21(25)16(13-22)14-24-17-6-9-19(27-2)20(12-17)28-3/h4-9,12,14,24H,10-11H2,1-3H3,(H,23,25)/b16-14-. The third-order valence-corrected chi connectivity index (χ3v) is 3.99. The summed E-state index contributed by atoms with van der Waals surface area (Å²) in [4.78, 5) is 12.2. The van der Waals surface area contributed by atoms with Gasteiger partial charge in [0.15, 0.2) is 11.5 Å². The van der Waals surface area contributed by atoms with E-state index in [0.717, 1.165) is 11.3 Å². The Bertz CT molecular complexity index is 870. The van der Waals surface area contributed by atoms with Gasteiger partial charge in [-0.1, -0.05) is 12.1 Å². The predicted molar refractivity (Wildman–Crippen MR) is 107 cm³/mol. The summed E-state index contributed by atoms with van der Waals surface area (Å²) in [5, 5.41) is 14.9. The lowest BCUT2D eigenvalue weighted by Crippen LogP contribution is -2.27. The molecular formula is C21H23N3O4. The second kappa shape index (κ2) is 10.5. The van der Waals surface area contributed by atoms with Gasteiger partial charge in [0.1, 0.15) is 17.4 Å². The molecule has 0 aliphatic heterocycles. The first-order chi connectivity index (χ1) is 13.6. The van der Waals surface area contributed by atoms with Gasteiger partial charge in [0.2, 0.25) is 0 Å². The monoisotopic (exact) mass is 381 g/mol. The highest BCUT2D eigenvalue weighted by molar-refractivity contribution is 5.97. The number of rotatable bonds is 9. The summed E-state index contributed by atoms with van der Waals surface area (Å²) in [5.41, 5.74) is 1.70. The van der Waals surface area contributed by atoms with Crippen LogP contribution in [0.5, 0.6) is 17.2 Å². The highest BCUT2D eigenvalue weighted by atomic mass is 16.5. The van der Waals surface area contributed by atoms with Crippen LogP contribution in [0, 0.1) is 11.3 Å². The van der Waals surface area contributed by atoms with Crippen LogP contribution >= 0.6 is 0 Å². The maximum absolute atomic E-state index is 12.2. The first-order valence-electron chi connectivity index (χ1n) is 8.61. The van der Waals surface area contributed by atoms with Crippen LogP contribution in [0.2, 0.25) is 0 Å². The Balaban J connectivity index is 1.92. The molecule has 2 aromatic rings. The zero-order valence-corrected chi connectivity index (χ0v) is 16.1. The fraction of sp³-hybridized carbons (Fsp3) is 0.238. The number of ether oxygens (including phenoxy) is 3. The molecule has 0 atom stereocenters. The van der Waals surface area contributed by atoms with Crippen molar-refractivity contribution in [1.29, 1.82) is 5.26 Å². The van der Waals surface area contributed by atoms with Crippen molar-refractivity contribution in [2.24, 2.45) is 0 Å². The van der Waals surface area contributed by atoms with E-state index in [0.29, 0.717) is 30.2 Å². The maximum atomic E-state index is 12.2. The molecule has 1 amide bonds. The summed E-state index contributed by atoms with van der Waals surface area (Å²) >= 11 is 0. The summed E-state index contributed by atoms with van der Waals surface area (Å²) < 4.78 is 15.5. The lowest BCUT2D eigenvalue weighted by molar-refractivity contribution is -0.117. The minimum Gasteiger partial charge on any atom is -0.497 e. The van der Waals surface area contributed by atoms with Gasteiger partial charge in [0, 0.05) is 24.5 Å². The van der Waals surface area contributed by atoms with E-state index < -0.39 is 5.91 Å². The highest BCUT2D eigenvalue weighted by Gasteiger charge is 2.09. The lowest BCUT2D eigenvalue weighted by Gasteiger charge is -2.10. The highest BCUT2D eigenvalue weighted by Crippen LogP contribution is 2.29. The van der Waals surface area contributed by atoms with Crippen LogP contribution in [0.4, 0.5) is 5.69 Å². The number of carbonyl (C=O) groups excluding carboxylic acids is 1. The second-order valence-corrected chi connectivity index (χ2v) is 5.74. The van der Waals surface area contributed by atoms with Crippen LogP contribution in [0.25, 0.3) is 0 Å². The number of nitrogens with zero attached hydrogens (tertiary/aromatic N) is 1. The molecule has 0 saturated carbocycles. The Morgan fingerprint density at radius 3 is 2.36 bits per heavy atom. The van der Waals surface area contributed by atoms with E-state index in [2.05, 4.69) is 10.6 Å². The van der Waals surface area contributed by atoms with Crippen LogP contribution in [-0.4, -0.2) is 33.8 Å². The van der Waals surface area contributed by atoms with Crippen molar-refractivity contribution >= 4 is 11.6 Å². The van der Waals surface area contributed by atoms with Crippen molar-refractivity contribution in [3.05, 3.63) is 59.8 Å². The Morgan fingerprint density at radius 1 is 1.04 bits per heavy atom. The fourth-order valence-electron chi connectivity index (χ4n) is 2.44. The molecular weight excluding hydrogens is 358 g/mol. The van der Waals surface area contributed by atoms with E-state index in [-0.39, 0.29) is 5.57 Å². The van der Waals surface area contributed by atoms with Crippen molar-refractivity contribution in [3.63, 3.8) is 0 Å². The first kappa shape index (κ1) is 20.6. The fourth-order valence-corrected chi connectivity index (χ4v) is 2.44. The van der Waals surface area contributed by atoms with Gasteiger partial charge in [0.25, 0.3) is 5.91 Å². The lowest BCUT2D eigenvalue weighted by atomic mass is 10.1. The van der Waals surface area contributed by atoms with Gasteiger partial charge >= 0.3 is 0 Å². The maximum Gasteiger partial charge on any atom is 0.263 e. The van der Waals surface area contributed by atoms with E-state index in [1.165, 1.54) is 13.3 Å². The predicted octanol–water partition coefficient (Wildman–Crippen LogP) is 2.89. The largest absolute Gasteiger partial charge is 0.497 e. The van der Waals surface area contributed by atoms with Gasteiger partial charge < -0.3 is 24.8 Å². The van der Waals surface area contributed by atoms with Crippen molar-refractivity contribution in [2.45, 2.75) is 6.42 Å². The number of anilines is 1. The Labute approximate surface area is 164 Å². The molecule has 0 unspecified atom stereocenters. The molecule has 2 aromatic carbocycles. The number of nitriles is 1. The normalized spacial score (nSPS) is 10.6. The quantitative estimate of drug-likeness (QED) is 0.513. The van der Waals surface area contributed by atoms with Crippen molar-refractivity contribution in [1.82, 2.24) is 5.32 Å². The number of nitrogens with one attached hydrogen (secondary N) is 2. The van der Waals surface area contributed by atoms with Crippen LogP contribution in [-0.2, 0) is 11.2 Å². The molecule has 7 nitrogen and oxygen atoms in total. The molecule has 0 radical (unpaired) electrons. The van der Waals surface area contributed by atoms with Crippen LogP contribution in [0.15, 0.2) is 54.2 Å². The molecule has 0 aliphatic carbocycles. The van der Waals surface area contributed by atoms with Crippen LogP contribution in [0.1, 0.15) is 5.56 Å². The minimum atomic E-state index is -0.441. The summed E-state index contributed by atoms with van der Waals surface area (Å²) in [7, 11) is 4.70. The number of methoxy groups -OCH3 is 3. The van der Waals surface area contributed by atoms with Crippen LogP contribution < -0.4 is 24.8 Å². The third kappa shape index (κ3) is 5.68. The van der Waals surface area contributed by atoms with E-state index in [1.807, 2.05) is 30.3 Å². The van der Waals surface area contributed by atoms with Gasteiger partial charge in [-0.25, -0.2) is 0 Å². The number of carbonyl (C=O) groups is 1. The average molecular weight is 381 g/mol. The zero-order chi connectivity index (χ0) is 20.4. The van der Waals surface area contributed by atoms with Crippen molar-refractivity contribution < 1.29 is 19.0 Å². The zero-order valence-electron chi connectivity index (χ0n) is 16.1. The molecule has 0 fully saturated rings. The molecule has 0 saturated heterocycles. The average Bonchev–Trinajstić information content (AvgIpc) is 2.74. The molecule has 0 heterocycles. The minimum absolute atomic E-state index is 0.0236. The van der Waals surface area contributed by atoms with E-state index >= 15 is 0 Å². The van der Waals surface area contributed by atoms with Crippen molar-refractivity contribution in [2.75, 3.05) is 33.2 Å². The molecule has 2 N–H and O–H groups in total. The smallest absolute Gasteiger partial charge is 0.263 e. The Hall–Kier alpha value is -3.66. The topological polar surface area (TPSA) is 92.6 Å². The molecule has 0 bridgehead atoms. The molecule has 7 heteroatoms. The molecule has 0 spiro atoms. The first-order valence-corrected chi connectivity index (χ1v) is 8.61. The van der Waals surface area contributed by atoms with Crippen molar-refractivity contribution in [3.8, 4) is 23.3 Å². The Kier molecular flexibility index (Phi) is 7.73. The summed E-state index contributed by atoms with van der Waals surface area (Å²) in [6, 6.07) is 14.7. The van der Waals surface area contributed by atoms with E-state index in [1.54, 1.807) is 32.4 Å². The van der Waals surface area contributed by atoms with Gasteiger partial charge in [0.05, 0.1) is 21.3 Å². The summed E-state index contributed by atoms with van der Waals surface area (Å²) in [6.45, 7) is 0.417. The molecule has 28 heavy (non-hydrogen) atoms. The van der Waals surface area contributed by atoms with Gasteiger partial charge in [-0.05, 0) is 36.2 Å². The molecule has 0 aromatic heterocycles. The number of hydrogen-bond donors (Lipinski definition) is 2. The number of benzene rings is 2. The van der Waals surface area contributed by atoms with E-state index in [4.69, 9.17) is 14.2 Å². The van der Waals surface area contributed by atoms with Gasteiger partial charge in [-0.15, -0.1) is 0 Å². The molecule has 146 valence electrons. The SMILES string of the molecule is COc1ccc(CCNC(=O)/C(C#N)=C\Nc2ccc(OC)c(OC)c2)cc1. The third-order valence-electron chi connectivity index (χ3n) is 3.99. The molecule has 2 rings (SSSR count). The van der Waals surface area contributed by atoms with Crippen LogP contribution in [0.3, 0.4) is 0 Å². The number of amides is 1. The summed E-state index contributed by atoms with van der Waals surface area (Å²) in [5.74, 6) is 1.48.